The number of nitrogens with two attached hydrogens (primary N) is 1. The fraction of sp³-hybridized carbons (Fsp3) is 0. The SMILES string of the molecule is NC1=NC=CI=N1. The zero-order valence-electron chi connectivity index (χ0n) is 3.50. The van der Waals surface area contributed by atoms with E-state index in [9.17, 15) is 0 Å². The van der Waals surface area contributed by atoms with Crippen LogP contribution in [0.2, 0.25) is 0 Å². The Labute approximate surface area is 51.5 Å². The Morgan fingerprint density at radius 3 is 2.86 bits per heavy atom. The van der Waals surface area contributed by atoms with Crippen LogP contribution in [0.4, 0.5) is 0 Å². The van der Waals surface area contributed by atoms with Crippen LogP contribution in [0.3, 0.4) is 0 Å². The van der Waals surface area contributed by atoms with Crippen molar-refractivity contribution in [3.05, 3.63) is 10.3 Å². The monoisotopic (exact) mass is 209 g/mol. The largest absolute Gasteiger partial charge is 0.367 e. The highest BCUT2D eigenvalue weighted by atomic mass is 127. The molecular weight excluding hydrogens is 205 g/mol. The van der Waals surface area contributed by atoms with Gasteiger partial charge in [0.05, 0.1) is 0 Å². The molecule has 0 bridgehead atoms. The smallest absolute Gasteiger partial charge is 0.225 e. The first-order valence-corrected chi connectivity index (χ1v) is 3.93. The van der Waals surface area contributed by atoms with Crippen molar-refractivity contribution >= 4 is 27.0 Å². The highest BCUT2D eigenvalue weighted by molar-refractivity contribution is 14.2. The summed E-state index contributed by atoms with van der Waals surface area (Å²) in [5.74, 6) is 0.426. The molecule has 1 heterocycles. The topological polar surface area (TPSA) is 50.7 Å². The van der Waals surface area contributed by atoms with Crippen LogP contribution in [0.15, 0.2) is 18.4 Å². The number of halogens is 1. The molecule has 0 radical (unpaired) electrons. The van der Waals surface area contributed by atoms with E-state index in [-0.39, 0.29) is 21.0 Å². The number of aliphatic imine (C=N–C) groups is 1. The van der Waals surface area contributed by atoms with Crippen LogP contribution in [0.1, 0.15) is 0 Å². The fourth-order valence-corrected chi connectivity index (χ4v) is 1.11. The number of nitrogens with zero attached hydrogens (tertiary/aromatic N) is 2. The molecule has 0 aliphatic carbocycles. The van der Waals surface area contributed by atoms with Crippen LogP contribution < -0.4 is 5.73 Å². The second-order valence-electron chi connectivity index (χ2n) is 0.944. The van der Waals surface area contributed by atoms with Crippen molar-refractivity contribution < 1.29 is 0 Å². The highest BCUT2D eigenvalue weighted by Gasteiger charge is 1.82. The van der Waals surface area contributed by atoms with E-state index in [4.69, 9.17) is 5.73 Å². The zero-order valence-corrected chi connectivity index (χ0v) is 5.66. The molecule has 0 saturated carbocycles. The van der Waals surface area contributed by atoms with Gasteiger partial charge in [-0.3, -0.25) is 0 Å². The van der Waals surface area contributed by atoms with Gasteiger partial charge in [-0.05, 0) is 0 Å². The Balaban J connectivity index is 2.82. The Morgan fingerprint density at radius 2 is 2.57 bits per heavy atom. The Hall–Kier alpha value is -0.260. The third kappa shape index (κ3) is 1.34. The van der Waals surface area contributed by atoms with Crippen molar-refractivity contribution in [2.45, 2.75) is 0 Å². The normalized spacial score (nSPS) is 18.0. The van der Waals surface area contributed by atoms with Gasteiger partial charge in [0, 0.05) is 31.3 Å². The molecule has 0 amide bonds. The first kappa shape index (κ1) is 4.89. The van der Waals surface area contributed by atoms with E-state index in [1.807, 2.05) is 4.08 Å². The fourth-order valence-electron chi connectivity index (χ4n) is 0.230. The van der Waals surface area contributed by atoms with Crippen LogP contribution >= 0.6 is 21.0 Å². The van der Waals surface area contributed by atoms with Gasteiger partial charge in [0.15, 0.2) is 0 Å². The molecule has 1 rings (SSSR count). The van der Waals surface area contributed by atoms with Crippen molar-refractivity contribution in [3.8, 4) is 0 Å². The summed E-state index contributed by atoms with van der Waals surface area (Å²) in [5.41, 5.74) is 5.19. The van der Waals surface area contributed by atoms with Crippen LogP contribution in [-0.2, 0) is 0 Å². The average Bonchev–Trinajstić information content (AvgIpc) is 1.69. The van der Waals surface area contributed by atoms with Crippen molar-refractivity contribution in [1.29, 1.82) is 0 Å². The summed E-state index contributed by atoms with van der Waals surface area (Å²) in [6, 6.07) is 0. The van der Waals surface area contributed by atoms with E-state index in [0.717, 1.165) is 0 Å². The molecule has 7 heavy (non-hydrogen) atoms. The third-order valence-corrected chi connectivity index (χ3v) is 1.87. The van der Waals surface area contributed by atoms with Crippen LogP contribution in [-0.4, -0.2) is 5.96 Å². The van der Waals surface area contributed by atoms with Gasteiger partial charge < -0.3 is 5.73 Å². The molecule has 3 nitrogen and oxygen atoms in total. The van der Waals surface area contributed by atoms with Gasteiger partial charge in [0.2, 0.25) is 5.96 Å². The number of hydrogen-bond donors (Lipinski definition) is 1. The molecule has 0 spiro atoms. The standard InChI is InChI=1S/C3H4IN3/c5-3-6-2-1-4-7-3/h1-2H,(H2,5,6,7). The predicted octanol–water partition coefficient (Wildman–Crippen LogP) is 0.940. The minimum atomic E-state index is -0.137. The maximum atomic E-state index is 5.19. The summed E-state index contributed by atoms with van der Waals surface area (Å²) in [5, 5.41) is 0. The van der Waals surface area contributed by atoms with Crippen LogP contribution in [0, 0.1) is 0 Å². The number of rotatable bonds is 0. The highest BCUT2D eigenvalue weighted by Crippen LogP contribution is 2.05. The lowest BCUT2D eigenvalue weighted by molar-refractivity contribution is 1.46. The predicted molar refractivity (Wildman–Crippen MR) is 37.2 cm³/mol. The Kier molecular flexibility index (Phi) is 1.50. The molecule has 4 heteroatoms. The summed E-state index contributed by atoms with van der Waals surface area (Å²) in [4.78, 5) is 3.70. The summed E-state index contributed by atoms with van der Waals surface area (Å²) < 4.78 is 5.83. The minimum absolute atomic E-state index is 0.137. The van der Waals surface area contributed by atoms with Crippen molar-refractivity contribution in [2.24, 2.45) is 13.9 Å². The number of guanidine groups is 1. The van der Waals surface area contributed by atoms with E-state index < -0.39 is 0 Å². The zero-order chi connectivity index (χ0) is 5.11. The van der Waals surface area contributed by atoms with E-state index in [0.29, 0.717) is 5.96 Å². The van der Waals surface area contributed by atoms with Gasteiger partial charge in [0.25, 0.3) is 0 Å². The second-order valence-corrected chi connectivity index (χ2v) is 2.70. The summed E-state index contributed by atoms with van der Waals surface area (Å²) in [6.07, 6.45) is 1.70. The quantitative estimate of drug-likeness (QED) is 0.593. The maximum absolute atomic E-state index is 5.19. The Bertz CT molecular complexity index is 146. The number of hydrogen-bond acceptors (Lipinski definition) is 3. The maximum Gasteiger partial charge on any atom is 0.225 e. The first-order chi connectivity index (χ1) is 3.39. The first-order valence-electron chi connectivity index (χ1n) is 1.71. The molecule has 0 saturated heterocycles. The minimum Gasteiger partial charge on any atom is -0.367 e. The molecule has 1 aliphatic heterocycles. The second kappa shape index (κ2) is 2.15. The molecule has 0 aromatic rings. The van der Waals surface area contributed by atoms with Gasteiger partial charge >= 0.3 is 0 Å². The molecule has 0 unspecified atom stereocenters. The van der Waals surface area contributed by atoms with Crippen LogP contribution in [0.25, 0.3) is 0 Å². The molecule has 0 fully saturated rings. The van der Waals surface area contributed by atoms with Gasteiger partial charge in [-0.2, -0.15) is 3.15 Å². The summed E-state index contributed by atoms with van der Waals surface area (Å²) in [6.45, 7) is 0. The molecule has 0 aromatic carbocycles. The van der Waals surface area contributed by atoms with Gasteiger partial charge in [-0.25, -0.2) is 4.99 Å². The van der Waals surface area contributed by atoms with E-state index in [1.165, 1.54) is 0 Å². The van der Waals surface area contributed by atoms with Gasteiger partial charge in [-0.15, -0.1) is 0 Å². The molecule has 0 atom stereocenters. The van der Waals surface area contributed by atoms with Crippen LogP contribution in [0.5, 0.6) is 0 Å². The Morgan fingerprint density at radius 1 is 1.71 bits per heavy atom. The molecular formula is C3H4IN3. The van der Waals surface area contributed by atoms with E-state index >= 15 is 0 Å². The summed E-state index contributed by atoms with van der Waals surface area (Å²) in [7, 11) is 0. The third-order valence-electron chi connectivity index (χ3n) is 0.455. The molecule has 38 valence electrons. The molecule has 1 aliphatic rings. The molecule has 2 N–H and O–H groups in total. The lowest BCUT2D eigenvalue weighted by Gasteiger charge is -1.87. The van der Waals surface area contributed by atoms with Crippen molar-refractivity contribution in [2.75, 3.05) is 0 Å². The van der Waals surface area contributed by atoms with Gasteiger partial charge in [-0.1, -0.05) is 0 Å². The van der Waals surface area contributed by atoms with E-state index in [2.05, 4.69) is 8.14 Å². The van der Waals surface area contributed by atoms with Gasteiger partial charge in [0.1, 0.15) is 0 Å². The lowest BCUT2D eigenvalue weighted by atomic mass is 11.0. The van der Waals surface area contributed by atoms with Crippen molar-refractivity contribution in [3.63, 3.8) is 0 Å². The average molecular weight is 209 g/mol. The molecule has 0 aromatic heterocycles. The van der Waals surface area contributed by atoms with E-state index in [1.54, 1.807) is 6.20 Å². The van der Waals surface area contributed by atoms with Crippen molar-refractivity contribution in [1.82, 2.24) is 0 Å². The summed E-state index contributed by atoms with van der Waals surface area (Å²) >= 11 is -0.137. The lowest BCUT2D eigenvalue weighted by Crippen LogP contribution is -2.05.